The lowest BCUT2D eigenvalue weighted by Crippen LogP contribution is -2.53. The lowest BCUT2D eigenvalue weighted by atomic mass is 9.83. The molecule has 2 aliphatic rings. The number of aromatic nitrogens is 1. The number of nitrogens with one attached hydrogen (secondary N) is 2. The molecule has 0 spiro atoms. The lowest BCUT2D eigenvalue weighted by Gasteiger charge is -2.33. The maximum absolute atomic E-state index is 13.7. The minimum absolute atomic E-state index is 0.0738. The van der Waals surface area contributed by atoms with E-state index in [0.717, 1.165) is 51.6 Å². The number of carbonyl (C=O) groups is 3. The van der Waals surface area contributed by atoms with Crippen molar-refractivity contribution in [2.45, 2.75) is 88.9 Å². The van der Waals surface area contributed by atoms with Gasteiger partial charge in [0.25, 0.3) is 5.91 Å². The van der Waals surface area contributed by atoms with Gasteiger partial charge in [0.15, 0.2) is 5.78 Å². The van der Waals surface area contributed by atoms with Crippen LogP contribution in [0.1, 0.15) is 80.3 Å². The molecule has 1 aromatic heterocycles. The first kappa shape index (κ1) is 30.3. The molecule has 0 radical (unpaired) electrons. The standard InChI is InChI=1S/C32H44N4O3S/c1-22(2)16-17-28(29(37)21-36-19-9-12-23-10-4-5-11-24(23)20-36)35-30(38)25-13-6-7-15-27(25)34-31(39)26-14-8-18-33-32(26)40-3/h4-5,8,10-11,14,18,22,25,27-28H,6-7,9,12-13,15-17,19-21H2,1-3H3,(H,34,39)(H,35,38)/t25-,27+,28+/m1/s1. The van der Waals surface area contributed by atoms with Crippen molar-refractivity contribution in [2.24, 2.45) is 11.8 Å². The predicted molar refractivity (Wildman–Crippen MR) is 160 cm³/mol. The number of rotatable bonds is 11. The molecule has 4 rings (SSSR count). The van der Waals surface area contributed by atoms with Crippen LogP contribution in [-0.2, 0) is 22.6 Å². The summed E-state index contributed by atoms with van der Waals surface area (Å²) < 4.78 is 0. The molecule has 216 valence electrons. The van der Waals surface area contributed by atoms with E-state index in [0.29, 0.717) is 35.9 Å². The van der Waals surface area contributed by atoms with Crippen LogP contribution in [0.2, 0.25) is 0 Å². The quantitative estimate of drug-likeness (QED) is 0.372. The lowest BCUT2D eigenvalue weighted by molar-refractivity contribution is -0.132. The number of thioether (sulfide) groups is 1. The van der Waals surface area contributed by atoms with E-state index in [1.165, 1.54) is 22.9 Å². The molecular weight excluding hydrogens is 520 g/mol. The van der Waals surface area contributed by atoms with Crippen molar-refractivity contribution in [3.05, 3.63) is 59.3 Å². The number of Topliss-reactive ketones (excluding diaryl/α,β-unsaturated/α-hetero) is 1. The molecule has 1 saturated carbocycles. The zero-order valence-electron chi connectivity index (χ0n) is 24.2. The molecule has 0 unspecified atom stereocenters. The number of hydrogen-bond acceptors (Lipinski definition) is 6. The second kappa shape index (κ2) is 14.8. The summed E-state index contributed by atoms with van der Waals surface area (Å²) in [7, 11) is 0. The second-order valence-electron chi connectivity index (χ2n) is 11.6. The summed E-state index contributed by atoms with van der Waals surface area (Å²) in [5.41, 5.74) is 3.18. The third-order valence-corrected chi connectivity index (χ3v) is 8.89. The van der Waals surface area contributed by atoms with Gasteiger partial charge in [-0.2, -0.15) is 0 Å². The number of amides is 2. The van der Waals surface area contributed by atoms with E-state index < -0.39 is 6.04 Å². The van der Waals surface area contributed by atoms with Gasteiger partial charge in [0.2, 0.25) is 5.91 Å². The third-order valence-electron chi connectivity index (χ3n) is 8.18. The third kappa shape index (κ3) is 8.16. The Morgan fingerprint density at radius 3 is 2.58 bits per heavy atom. The van der Waals surface area contributed by atoms with Crippen molar-refractivity contribution >= 4 is 29.4 Å². The summed E-state index contributed by atoms with van der Waals surface area (Å²) >= 11 is 1.43. The van der Waals surface area contributed by atoms with E-state index in [2.05, 4.69) is 58.6 Å². The molecule has 2 aromatic rings. The summed E-state index contributed by atoms with van der Waals surface area (Å²) in [5.74, 6) is -0.166. The first-order chi connectivity index (χ1) is 19.4. The number of hydrogen-bond donors (Lipinski definition) is 2. The Bertz CT molecular complexity index is 1170. The molecule has 1 aliphatic heterocycles. The number of nitrogens with zero attached hydrogens (tertiary/aromatic N) is 2. The van der Waals surface area contributed by atoms with Crippen LogP contribution in [-0.4, -0.2) is 58.9 Å². The van der Waals surface area contributed by atoms with Gasteiger partial charge in [0.05, 0.1) is 24.1 Å². The molecule has 1 fully saturated rings. The largest absolute Gasteiger partial charge is 0.348 e. The molecule has 2 amide bonds. The van der Waals surface area contributed by atoms with Gasteiger partial charge in [0.1, 0.15) is 5.03 Å². The maximum atomic E-state index is 13.7. The van der Waals surface area contributed by atoms with Crippen molar-refractivity contribution < 1.29 is 14.4 Å². The molecule has 2 heterocycles. The summed E-state index contributed by atoms with van der Waals surface area (Å²) in [5, 5.41) is 6.95. The maximum Gasteiger partial charge on any atom is 0.254 e. The van der Waals surface area contributed by atoms with Crippen LogP contribution in [0, 0.1) is 11.8 Å². The van der Waals surface area contributed by atoms with E-state index in [9.17, 15) is 14.4 Å². The van der Waals surface area contributed by atoms with Gasteiger partial charge in [-0.05, 0) is 80.5 Å². The first-order valence-electron chi connectivity index (χ1n) is 14.8. The normalized spacial score (nSPS) is 20.3. The molecule has 8 heteroatoms. The number of ketones is 1. The molecule has 7 nitrogen and oxygen atoms in total. The topological polar surface area (TPSA) is 91.4 Å². The molecule has 40 heavy (non-hydrogen) atoms. The minimum Gasteiger partial charge on any atom is -0.348 e. The number of pyridine rings is 1. The molecule has 0 bridgehead atoms. The highest BCUT2D eigenvalue weighted by molar-refractivity contribution is 7.98. The van der Waals surface area contributed by atoms with Crippen molar-refractivity contribution in [3.8, 4) is 0 Å². The van der Waals surface area contributed by atoms with Crippen LogP contribution < -0.4 is 10.6 Å². The smallest absolute Gasteiger partial charge is 0.254 e. The van der Waals surface area contributed by atoms with E-state index in [-0.39, 0.29) is 29.6 Å². The fraction of sp³-hybridized carbons (Fsp3) is 0.562. The highest BCUT2D eigenvalue weighted by Gasteiger charge is 2.35. The average molecular weight is 565 g/mol. The molecule has 1 aliphatic carbocycles. The molecular formula is C32H44N4O3S. The summed E-state index contributed by atoms with van der Waals surface area (Å²) in [6, 6.07) is 11.2. The average Bonchev–Trinajstić information content (AvgIpc) is 3.16. The molecule has 1 aromatic carbocycles. The van der Waals surface area contributed by atoms with Gasteiger partial charge in [-0.1, -0.05) is 51.0 Å². The Hall–Kier alpha value is -2.71. The van der Waals surface area contributed by atoms with Gasteiger partial charge in [-0.15, -0.1) is 11.8 Å². The Balaban J connectivity index is 1.43. The zero-order valence-corrected chi connectivity index (χ0v) is 25.0. The van der Waals surface area contributed by atoms with Crippen LogP contribution in [0.15, 0.2) is 47.6 Å². The van der Waals surface area contributed by atoms with Crippen molar-refractivity contribution in [1.82, 2.24) is 20.5 Å². The van der Waals surface area contributed by atoms with Gasteiger partial charge in [0, 0.05) is 18.8 Å². The monoisotopic (exact) mass is 564 g/mol. The van der Waals surface area contributed by atoms with Crippen LogP contribution in [0.5, 0.6) is 0 Å². The van der Waals surface area contributed by atoms with E-state index in [1.54, 1.807) is 18.3 Å². The highest BCUT2D eigenvalue weighted by Crippen LogP contribution is 2.27. The number of carbonyl (C=O) groups excluding carboxylic acids is 3. The van der Waals surface area contributed by atoms with Crippen LogP contribution in [0.3, 0.4) is 0 Å². The van der Waals surface area contributed by atoms with E-state index >= 15 is 0 Å². The number of aryl methyl sites for hydroxylation is 1. The fourth-order valence-corrected chi connectivity index (χ4v) is 6.46. The number of fused-ring (bicyclic) bond motifs is 1. The Kier molecular flexibility index (Phi) is 11.2. The van der Waals surface area contributed by atoms with Gasteiger partial charge < -0.3 is 10.6 Å². The van der Waals surface area contributed by atoms with Crippen molar-refractivity contribution in [1.29, 1.82) is 0 Å². The predicted octanol–water partition coefficient (Wildman–Crippen LogP) is 5.03. The number of benzene rings is 1. The Morgan fingerprint density at radius 1 is 1.02 bits per heavy atom. The molecule has 0 saturated heterocycles. The first-order valence-corrected chi connectivity index (χ1v) is 16.0. The summed E-state index contributed by atoms with van der Waals surface area (Å²) in [6.07, 6.45) is 10.5. The van der Waals surface area contributed by atoms with Crippen LogP contribution in [0.25, 0.3) is 0 Å². The van der Waals surface area contributed by atoms with Crippen LogP contribution in [0.4, 0.5) is 0 Å². The summed E-state index contributed by atoms with van der Waals surface area (Å²) in [6.45, 7) is 6.25. The van der Waals surface area contributed by atoms with Gasteiger partial charge in [-0.25, -0.2) is 4.98 Å². The molecule has 2 N–H and O–H groups in total. The Morgan fingerprint density at radius 2 is 1.80 bits per heavy atom. The second-order valence-corrected chi connectivity index (χ2v) is 12.4. The van der Waals surface area contributed by atoms with Gasteiger partial charge >= 0.3 is 0 Å². The SMILES string of the molecule is CSc1ncccc1C(=O)N[C@H]1CCCC[C@H]1C(=O)N[C@@H](CCC(C)C)C(=O)CN1CCCc2ccccc2C1. The summed E-state index contributed by atoms with van der Waals surface area (Å²) in [4.78, 5) is 47.0. The van der Waals surface area contributed by atoms with Gasteiger partial charge in [-0.3, -0.25) is 19.3 Å². The molecule has 3 atom stereocenters. The minimum atomic E-state index is -0.520. The van der Waals surface area contributed by atoms with Crippen molar-refractivity contribution in [3.63, 3.8) is 0 Å². The Labute approximate surface area is 243 Å². The van der Waals surface area contributed by atoms with Crippen molar-refractivity contribution in [2.75, 3.05) is 19.3 Å². The fourth-order valence-electron chi connectivity index (χ4n) is 5.92. The highest BCUT2D eigenvalue weighted by atomic mass is 32.2. The zero-order chi connectivity index (χ0) is 28.5. The van der Waals surface area contributed by atoms with Crippen LogP contribution >= 0.6 is 11.8 Å². The van der Waals surface area contributed by atoms with E-state index in [4.69, 9.17) is 0 Å². The van der Waals surface area contributed by atoms with E-state index in [1.807, 2.05) is 6.26 Å².